The van der Waals surface area contributed by atoms with Crippen molar-refractivity contribution in [2.45, 2.75) is 69.7 Å². The van der Waals surface area contributed by atoms with E-state index in [1.165, 1.54) is 0 Å². The molecule has 110 valence electrons. The number of ether oxygens (including phenoxy) is 5. The minimum atomic E-state index is -2.17. The first kappa shape index (κ1) is 13.7. The molecule has 0 aromatic rings. The van der Waals surface area contributed by atoms with Crippen LogP contribution in [0.5, 0.6) is 0 Å². The van der Waals surface area contributed by atoms with Crippen molar-refractivity contribution in [3.8, 4) is 0 Å². The molecule has 3 rings (SSSR count). The molecule has 3 aliphatic rings. The third kappa shape index (κ3) is 2.19. The first-order valence-corrected chi connectivity index (χ1v) is 6.38. The van der Waals surface area contributed by atoms with Gasteiger partial charge in [0.05, 0.1) is 6.61 Å². The van der Waals surface area contributed by atoms with E-state index in [0.29, 0.717) is 0 Å². The molecule has 3 heterocycles. The Kier molecular flexibility index (Phi) is 2.80. The van der Waals surface area contributed by atoms with Crippen molar-refractivity contribution < 1.29 is 33.9 Å². The van der Waals surface area contributed by atoms with Gasteiger partial charge in [-0.05, 0) is 27.7 Å². The standard InChI is InChI=1S/C12H20O7/c1-10(2)15-5-6(17-10)7-12(13,14)8-9(16-7)19-11(3,4)18-8/h6-9,13-14H,5H2,1-4H3/t6-,7+,8-,9-/m1/s1. The maximum absolute atomic E-state index is 10.3. The van der Waals surface area contributed by atoms with Crippen LogP contribution in [0.4, 0.5) is 0 Å². The zero-order valence-corrected chi connectivity index (χ0v) is 11.5. The molecule has 7 nitrogen and oxygen atoms in total. The highest BCUT2D eigenvalue weighted by molar-refractivity contribution is 5.02. The summed E-state index contributed by atoms with van der Waals surface area (Å²) in [4.78, 5) is 0. The number of rotatable bonds is 1. The summed E-state index contributed by atoms with van der Waals surface area (Å²) in [5.74, 6) is -3.83. The van der Waals surface area contributed by atoms with E-state index in [9.17, 15) is 10.2 Å². The van der Waals surface area contributed by atoms with E-state index < -0.39 is 42.0 Å². The Balaban J connectivity index is 1.77. The third-order valence-electron chi connectivity index (χ3n) is 3.54. The van der Waals surface area contributed by atoms with E-state index in [4.69, 9.17) is 23.7 Å². The molecule has 3 saturated heterocycles. The molecule has 3 aliphatic heterocycles. The Morgan fingerprint density at radius 1 is 0.895 bits per heavy atom. The SMILES string of the molecule is CC1(C)O[C@H]2O[C@@H]([C@H]3COC(C)(C)O3)C(O)(O)[C@@H]2O1. The van der Waals surface area contributed by atoms with Gasteiger partial charge in [0.15, 0.2) is 24.0 Å². The Morgan fingerprint density at radius 3 is 2.11 bits per heavy atom. The van der Waals surface area contributed by atoms with Crippen LogP contribution < -0.4 is 0 Å². The zero-order chi connectivity index (χ0) is 14.1. The first-order chi connectivity index (χ1) is 8.61. The van der Waals surface area contributed by atoms with Crippen molar-refractivity contribution in [1.29, 1.82) is 0 Å². The van der Waals surface area contributed by atoms with Crippen molar-refractivity contribution in [2.75, 3.05) is 6.61 Å². The molecule has 2 N–H and O–H groups in total. The number of hydrogen-bond acceptors (Lipinski definition) is 7. The Morgan fingerprint density at radius 2 is 1.58 bits per heavy atom. The Labute approximate surface area is 111 Å². The van der Waals surface area contributed by atoms with Crippen molar-refractivity contribution in [3.63, 3.8) is 0 Å². The van der Waals surface area contributed by atoms with Gasteiger partial charge in [-0.1, -0.05) is 0 Å². The van der Waals surface area contributed by atoms with E-state index in [-0.39, 0.29) is 6.61 Å². The molecule has 0 radical (unpaired) electrons. The molecule has 0 aliphatic carbocycles. The van der Waals surface area contributed by atoms with Gasteiger partial charge >= 0.3 is 0 Å². The molecule has 0 amide bonds. The molecule has 0 aromatic carbocycles. The zero-order valence-electron chi connectivity index (χ0n) is 11.5. The van der Waals surface area contributed by atoms with Gasteiger partial charge in [-0.25, -0.2) is 0 Å². The predicted octanol–water partition coefficient (Wildman–Crippen LogP) is -0.305. The summed E-state index contributed by atoms with van der Waals surface area (Å²) in [7, 11) is 0. The molecule has 19 heavy (non-hydrogen) atoms. The van der Waals surface area contributed by atoms with Crippen molar-refractivity contribution in [2.24, 2.45) is 0 Å². The fraction of sp³-hybridized carbons (Fsp3) is 1.00. The average Bonchev–Trinajstić information content (AvgIpc) is 2.80. The van der Waals surface area contributed by atoms with Crippen molar-refractivity contribution >= 4 is 0 Å². The van der Waals surface area contributed by atoms with E-state index in [0.717, 1.165) is 0 Å². The summed E-state index contributed by atoms with van der Waals surface area (Å²) >= 11 is 0. The molecular weight excluding hydrogens is 256 g/mol. The van der Waals surface area contributed by atoms with E-state index in [1.807, 2.05) is 0 Å². The maximum atomic E-state index is 10.3. The van der Waals surface area contributed by atoms with Crippen molar-refractivity contribution in [1.82, 2.24) is 0 Å². The quantitative estimate of drug-likeness (QED) is 0.635. The minimum absolute atomic E-state index is 0.226. The topological polar surface area (TPSA) is 86.6 Å². The molecule has 0 saturated carbocycles. The van der Waals surface area contributed by atoms with Crippen LogP contribution in [0.3, 0.4) is 0 Å². The predicted molar refractivity (Wildman–Crippen MR) is 60.8 cm³/mol. The summed E-state index contributed by atoms with van der Waals surface area (Å²) in [6, 6.07) is 0. The van der Waals surface area contributed by atoms with E-state index in [1.54, 1.807) is 27.7 Å². The van der Waals surface area contributed by atoms with E-state index in [2.05, 4.69) is 0 Å². The van der Waals surface area contributed by atoms with Gasteiger partial charge in [-0.15, -0.1) is 0 Å². The van der Waals surface area contributed by atoms with Gasteiger partial charge in [0, 0.05) is 0 Å². The van der Waals surface area contributed by atoms with Gasteiger partial charge in [0.25, 0.3) is 0 Å². The molecule has 4 atom stereocenters. The van der Waals surface area contributed by atoms with Crippen molar-refractivity contribution in [3.05, 3.63) is 0 Å². The van der Waals surface area contributed by atoms with Crippen LogP contribution in [0, 0.1) is 0 Å². The normalized spacial score (nSPS) is 46.4. The van der Waals surface area contributed by atoms with E-state index >= 15 is 0 Å². The monoisotopic (exact) mass is 276 g/mol. The molecule has 7 heteroatoms. The van der Waals surface area contributed by atoms with Gasteiger partial charge in [0.1, 0.15) is 12.2 Å². The largest absolute Gasteiger partial charge is 0.361 e. The molecule has 0 spiro atoms. The fourth-order valence-electron chi connectivity index (χ4n) is 2.75. The molecule has 0 unspecified atom stereocenters. The lowest BCUT2D eigenvalue weighted by Gasteiger charge is -2.31. The summed E-state index contributed by atoms with van der Waals surface area (Å²) in [5, 5.41) is 20.6. The lowest BCUT2D eigenvalue weighted by Crippen LogP contribution is -2.54. The van der Waals surface area contributed by atoms with Crippen LogP contribution in [0.2, 0.25) is 0 Å². The highest BCUT2D eigenvalue weighted by Crippen LogP contribution is 2.44. The van der Waals surface area contributed by atoms with Crippen LogP contribution >= 0.6 is 0 Å². The number of aliphatic hydroxyl groups is 2. The van der Waals surface area contributed by atoms with Crippen LogP contribution in [0.15, 0.2) is 0 Å². The highest BCUT2D eigenvalue weighted by atomic mass is 16.9. The summed E-state index contributed by atoms with van der Waals surface area (Å²) in [6.45, 7) is 7.13. The summed E-state index contributed by atoms with van der Waals surface area (Å²) in [6.07, 6.45) is -3.33. The summed E-state index contributed by atoms with van der Waals surface area (Å²) in [5.41, 5.74) is 0. The smallest absolute Gasteiger partial charge is 0.225 e. The molecule has 3 fully saturated rings. The summed E-state index contributed by atoms with van der Waals surface area (Å²) < 4.78 is 27.6. The second-order valence-corrected chi connectivity index (χ2v) is 6.13. The Hall–Kier alpha value is -0.280. The van der Waals surface area contributed by atoms with Crippen LogP contribution in [0.25, 0.3) is 0 Å². The van der Waals surface area contributed by atoms with Gasteiger partial charge in [-0.2, -0.15) is 0 Å². The highest BCUT2D eigenvalue weighted by Gasteiger charge is 2.65. The Bertz CT molecular complexity index is 378. The van der Waals surface area contributed by atoms with Crippen LogP contribution in [-0.4, -0.2) is 58.8 Å². The first-order valence-electron chi connectivity index (χ1n) is 6.38. The van der Waals surface area contributed by atoms with Gasteiger partial charge in [0.2, 0.25) is 5.79 Å². The van der Waals surface area contributed by atoms with Gasteiger partial charge in [-0.3, -0.25) is 0 Å². The lowest BCUT2D eigenvalue weighted by atomic mass is 10.0. The molecule has 0 bridgehead atoms. The second kappa shape index (κ2) is 3.88. The molecular formula is C12H20O7. The third-order valence-corrected chi connectivity index (χ3v) is 3.54. The second-order valence-electron chi connectivity index (χ2n) is 6.13. The maximum Gasteiger partial charge on any atom is 0.225 e. The average molecular weight is 276 g/mol. The lowest BCUT2D eigenvalue weighted by molar-refractivity contribution is -0.297. The number of hydrogen-bond donors (Lipinski definition) is 2. The molecule has 0 aromatic heterocycles. The minimum Gasteiger partial charge on any atom is -0.361 e. The van der Waals surface area contributed by atoms with Crippen LogP contribution in [0.1, 0.15) is 27.7 Å². The number of fused-ring (bicyclic) bond motifs is 1. The fourth-order valence-corrected chi connectivity index (χ4v) is 2.75. The van der Waals surface area contributed by atoms with Gasteiger partial charge < -0.3 is 33.9 Å². The van der Waals surface area contributed by atoms with Crippen LogP contribution in [-0.2, 0) is 23.7 Å².